The molecule has 1 fully saturated rings. The van der Waals surface area contributed by atoms with Gasteiger partial charge in [0.2, 0.25) is 0 Å². The first-order valence-electron chi connectivity index (χ1n) is 6.28. The molecule has 1 aromatic carbocycles. The summed E-state index contributed by atoms with van der Waals surface area (Å²) in [5.41, 5.74) is 0.205. The minimum absolute atomic E-state index is 0.110. The topological polar surface area (TPSA) is 53.2 Å². The lowest BCUT2D eigenvalue weighted by Gasteiger charge is -2.17. The number of hydrogen-bond donors (Lipinski definition) is 3. The molecular formula is C13H18FN3O. The molecule has 18 heavy (non-hydrogen) atoms. The summed E-state index contributed by atoms with van der Waals surface area (Å²) >= 11 is 0. The Hall–Kier alpha value is -1.62. The van der Waals surface area contributed by atoms with Crippen LogP contribution in [0.25, 0.3) is 0 Å². The van der Waals surface area contributed by atoms with Gasteiger partial charge in [0, 0.05) is 12.6 Å². The van der Waals surface area contributed by atoms with Crippen LogP contribution in [0.3, 0.4) is 0 Å². The van der Waals surface area contributed by atoms with Crippen molar-refractivity contribution in [2.45, 2.75) is 25.3 Å². The number of halogens is 1. The molecule has 0 aromatic heterocycles. The normalized spacial score (nSPS) is 19.9. The van der Waals surface area contributed by atoms with Gasteiger partial charge in [-0.05, 0) is 31.5 Å². The van der Waals surface area contributed by atoms with E-state index in [9.17, 15) is 9.18 Å². The first-order valence-corrected chi connectivity index (χ1v) is 6.28. The first kappa shape index (κ1) is 12.8. The first-order chi connectivity index (χ1) is 8.75. The lowest BCUT2D eigenvalue weighted by atomic mass is 10.1. The van der Waals surface area contributed by atoms with Crippen molar-refractivity contribution in [1.82, 2.24) is 10.6 Å². The van der Waals surface area contributed by atoms with Crippen LogP contribution in [-0.2, 0) is 0 Å². The summed E-state index contributed by atoms with van der Waals surface area (Å²) in [6, 6.07) is 5.90. The zero-order chi connectivity index (χ0) is 12.8. The Kier molecular flexibility index (Phi) is 4.52. The summed E-state index contributed by atoms with van der Waals surface area (Å²) in [4.78, 5) is 11.7. The monoisotopic (exact) mass is 251 g/mol. The van der Waals surface area contributed by atoms with Gasteiger partial charge in [-0.1, -0.05) is 18.6 Å². The Morgan fingerprint density at radius 3 is 3.00 bits per heavy atom. The maximum atomic E-state index is 13.3. The number of nitrogens with one attached hydrogen (secondary N) is 3. The Morgan fingerprint density at radius 1 is 1.33 bits per heavy atom. The predicted molar refractivity (Wildman–Crippen MR) is 69.1 cm³/mol. The maximum absolute atomic E-state index is 13.3. The number of hydrogen-bond acceptors (Lipinski definition) is 2. The van der Waals surface area contributed by atoms with E-state index in [4.69, 9.17) is 0 Å². The molecule has 0 spiro atoms. The molecule has 0 bridgehead atoms. The maximum Gasteiger partial charge on any atom is 0.319 e. The quantitative estimate of drug-likeness (QED) is 0.754. The van der Waals surface area contributed by atoms with Crippen molar-refractivity contribution in [1.29, 1.82) is 0 Å². The van der Waals surface area contributed by atoms with Crippen LogP contribution >= 0.6 is 0 Å². The van der Waals surface area contributed by atoms with E-state index < -0.39 is 5.82 Å². The number of carbonyl (C=O) groups excluding carboxylic acids is 1. The molecule has 0 aliphatic carbocycles. The van der Waals surface area contributed by atoms with Crippen molar-refractivity contribution < 1.29 is 9.18 Å². The minimum Gasteiger partial charge on any atom is -0.334 e. The van der Waals surface area contributed by atoms with Crippen LogP contribution in [0, 0.1) is 5.82 Å². The highest BCUT2D eigenvalue weighted by Gasteiger charge is 2.14. The van der Waals surface area contributed by atoms with E-state index in [2.05, 4.69) is 16.0 Å². The molecule has 1 saturated heterocycles. The molecule has 1 aliphatic heterocycles. The van der Waals surface area contributed by atoms with Crippen LogP contribution in [0.5, 0.6) is 0 Å². The van der Waals surface area contributed by atoms with E-state index in [1.165, 1.54) is 6.07 Å². The molecule has 1 unspecified atom stereocenters. The number of benzene rings is 1. The number of anilines is 1. The summed E-state index contributed by atoms with van der Waals surface area (Å²) in [6.45, 7) is 1.76. The number of para-hydroxylation sites is 1. The van der Waals surface area contributed by atoms with Gasteiger partial charge in [0.05, 0.1) is 5.69 Å². The standard InChI is InChI=1S/C13H18FN3O/c14-11-6-1-2-7-12(11)17-13(18)16-10-5-3-4-8-15-9-10/h1-2,6-7,10,15H,3-5,8-9H2,(H2,16,17,18). The van der Waals surface area contributed by atoms with Crippen molar-refractivity contribution in [3.05, 3.63) is 30.1 Å². The highest BCUT2D eigenvalue weighted by Crippen LogP contribution is 2.12. The third kappa shape index (κ3) is 3.70. The van der Waals surface area contributed by atoms with Gasteiger partial charge in [-0.2, -0.15) is 0 Å². The van der Waals surface area contributed by atoms with Gasteiger partial charge >= 0.3 is 6.03 Å². The summed E-state index contributed by atoms with van der Waals surface area (Å²) in [7, 11) is 0. The van der Waals surface area contributed by atoms with Gasteiger partial charge in [-0.15, -0.1) is 0 Å². The molecule has 0 radical (unpaired) electrons. The van der Waals surface area contributed by atoms with E-state index >= 15 is 0 Å². The third-order valence-electron chi connectivity index (χ3n) is 3.00. The Labute approximate surface area is 106 Å². The van der Waals surface area contributed by atoms with Crippen molar-refractivity contribution in [2.24, 2.45) is 0 Å². The largest absolute Gasteiger partial charge is 0.334 e. The highest BCUT2D eigenvalue weighted by molar-refractivity contribution is 5.89. The van der Waals surface area contributed by atoms with Crippen LogP contribution in [0.15, 0.2) is 24.3 Å². The number of urea groups is 1. The lowest BCUT2D eigenvalue weighted by Crippen LogP contribution is -2.43. The number of carbonyl (C=O) groups is 1. The minimum atomic E-state index is -0.424. The van der Waals surface area contributed by atoms with Crippen LogP contribution in [-0.4, -0.2) is 25.2 Å². The van der Waals surface area contributed by atoms with Gasteiger partial charge in [-0.25, -0.2) is 9.18 Å². The number of rotatable bonds is 2. The van der Waals surface area contributed by atoms with E-state index in [0.717, 1.165) is 32.4 Å². The highest BCUT2D eigenvalue weighted by atomic mass is 19.1. The smallest absolute Gasteiger partial charge is 0.319 e. The fourth-order valence-corrected chi connectivity index (χ4v) is 2.05. The molecule has 1 atom stereocenters. The molecule has 2 rings (SSSR count). The average Bonchev–Trinajstić information content (AvgIpc) is 2.61. The Bertz CT molecular complexity index is 403. The molecule has 4 nitrogen and oxygen atoms in total. The van der Waals surface area contributed by atoms with E-state index in [0.29, 0.717) is 0 Å². The zero-order valence-electron chi connectivity index (χ0n) is 10.2. The second kappa shape index (κ2) is 6.35. The van der Waals surface area contributed by atoms with Crippen LogP contribution in [0.4, 0.5) is 14.9 Å². The van der Waals surface area contributed by atoms with E-state index in [1.54, 1.807) is 18.2 Å². The van der Waals surface area contributed by atoms with Gasteiger partial charge in [0.1, 0.15) is 5.82 Å². The third-order valence-corrected chi connectivity index (χ3v) is 3.00. The van der Waals surface area contributed by atoms with E-state index in [-0.39, 0.29) is 17.8 Å². The second-order valence-corrected chi connectivity index (χ2v) is 4.48. The Balaban J connectivity index is 1.86. The zero-order valence-corrected chi connectivity index (χ0v) is 10.2. The van der Waals surface area contributed by atoms with Crippen LogP contribution in [0.2, 0.25) is 0 Å². The van der Waals surface area contributed by atoms with Crippen LogP contribution in [0.1, 0.15) is 19.3 Å². The fraction of sp³-hybridized carbons (Fsp3) is 0.462. The van der Waals surface area contributed by atoms with Crippen molar-refractivity contribution >= 4 is 11.7 Å². The van der Waals surface area contributed by atoms with Crippen LogP contribution < -0.4 is 16.0 Å². The van der Waals surface area contributed by atoms with Crippen molar-refractivity contribution in [2.75, 3.05) is 18.4 Å². The molecule has 1 aliphatic rings. The molecule has 2 amide bonds. The fourth-order valence-electron chi connectivity index (χ4n) is 2.05. The Morgan fingerprint density at radius 2 is 2.17 bits per heavy atom. The SMILES string of the molecule is O=C(Nc1ccccc1F)NC1CCCCNC1. The molecule has 0 saturated carbocycles. The van der Waals surface area contributed by atoms with Gasteiger partial charge in [0.15, 0.2) is 0 Å². The van der Waals surface area contributed by atoms with Gasteiger partial charge < -0.3 is 16.0 Å². The lowest BCUT2D eigenvalue weighted by molar-refractivity contribution is 0.247. The summed E-state index contributed by atoms with van der Waals surface area (Å²) in [6.07, 6.45) is 3.18. The van der Waals surface area contributed by atoms with E-state index in [1.807, 2.05) is 0 Å². The molecular weight excluding hydrogens is 233 g/mol. The molecule has 5 heteroatoms. The average molecular weight is 251 g/mol. The van der Waals surface area contributed by atoms with Crippen molar-refractivity contribution in [3.63, 3.8) is 0 Å². The molecule has 1 heterocycles. The summed E-state index contributed by atoms with van der Waals surface area (Å²) in [5.74, 6) is -0.424. The second-order valence-electron chi connectivity index (χ2n) is 4.48. The molecule has 98 valence electrons. The number of amides is 2. The summed E-state index contributed by atoms with van der Waals surface area (Å²) < 4.78 is 13.3. The predicted octanol–water partition coefficient (Wildman–Crippen LogP) is 2.09. The molecule has 3 N–H and O–H groups in total. The van der Waals surface area contributed by atoms with Gasteiger partial charge in [0.25, 0.3) is 0 Å². The van der Waals surface area contributed by atoms with Gasteiger partial charge in [-0.3, -0.25) is 0 Å². The van der Waals surface area contributed by atoms with Crippen molar-refractivity contribution in [3.8, 4) is 0 Å². The summed E-state index contributed by atoms with van der Waals surface area (Å²) in [5, 5.41) is 8.64. The molecule has 1 aromatic rings.